The van der Waals surface area contributed by atoms with Crippen molar-refractivity contribution in [3.63, 3.8) is 0 Å². The molecule has 7 heteroatoms. The summed E-state index contributed by atoms with van der Waals surface area (Å²) in [7, 11) is 0. The highest BCUT2D eigenvalue weighted by Crippen LogP contribution is 2.33. The molecule has 3 aromatic rings. The van der Waals surface area contributed by atoms with E-state index < -0.39 is 0 Å². The molecule has 0 amide bonds. The number of aromatic nitrogens is 3. The van der Waals surface area contributed by atoms with E-state index in [-0.39, 0.29) is 0 Å². The molecule has 2 N–H and O–H groups in total. The zero-order valence-corrected chi connectivity index (χ0v) is 15.3. The van der Waals surface area contributed by atoms with Crippen LogP contribution >= 0.6 is 15.9 Å². The van der Waals surface area contributed by atoms with E-state index in [1.165, 1.54) is 11.3 Å². The van der Waals surface area contributed by atoms with Gasteiger partial charge in [-0.15, -0.1) is 0 Å². The van der Waals surface area contributed by atoms with Crippen molar-refractivity contribution in [2.75, 3.05) is 36.4 Å². The Kier molecular flexibility index (Phi) is 4.76. The highest BCUT2D eigenvalue weighted by atomic mass is 79.9. The van der Waals surface area contributed by atoms with Crippen molar-refractivity contribution in [3.8, 4) is 0 Å². The van der Waals surface area contributed by atoms with E-state index in [2.05, 4.69) is 58.5 Å². The lowest BCUT2D eigenvalue weighted by Gasteiger charge is -2.31. The minimum atomic E-state index is 0.712. The maximum Gasteiger partial charge on any atom is 0.0890 e. The zero-order chi connectivity index (χ0) is 17.1. The molecule has 25 heavy (non-hydrogen) atoms. The summed E-state index contributed by atoms with van der Waals surface area (Å²) in [5.41, 5.74) is 5.21. The van der Waals surface area contributed by atoms with Crippen LogP contribution in [0, 0.1) is 0 Å². The molecule has 1 saturated heterocycles. The molecule has 128 valence electrons. The molecule has 3 heterocycles. The van der Waals surface area contributed by atoms with Gasteiger partial charge in [-0.05, 0) is 33.6 Å². The number of fused-ring (bicyclic) bond motifs is 1. The molecule has 1 fully saturated rings. The van der Waals surface area contributed by atoms with Gasteiger partial charge in [0, 0.05) is 51.3 Å². The fourth-order valence-corrected chi connectivity index (χ4v) is 3.67. The van der Waals surface area contributed by atoms with Crippen LogP contribution in [0.5, 0.6) is 0 Å². The Bertz CT molecular complexity index is 878. The maximum absolute atomic E-state index is 4.38. The first-order valence-electron chi connectivity index (χ1n) is 8.34. The number of nitrogens with one attached hydrogen (secondary N) is 2. The van der Waals surface area contributed by atoms with Gasteiger partial charge < -0.3 is 15.5 Å². The normalized spacial score (nSPS) is 14.7. The van der Waals surface area contributed by atoms with Gasteiger partial charge >= 0.3 is 0 Å². The Labute approximate surface area is 154 Å². The molecule has 0 atom stereocenters. The third-order valence-electron chi connectivity index (χ3n) is 4.32. The van der Waals surface area contributed by atoms with E-state index in [1.54, 1.807) is 12.4 Å². The van der Waals surface area contributed by atoms with Crippen LogP contribution in [-0.4, -0.2) is 41.1 Å². The van der Waals surface area contributed by atoms with Crippen molar-refractivity contribution in [2.45, 2.75) is 6.54 Å². The van der Waals surface area contributed by atoms with E-state index in [0.29, 0.717) is 6.54 Å². The monoisotopic (exact) mass is 398 g/mol. The van der Waals surface area contributed by atoms with E-state index in [1.807, 2.05) is 18.5 Å². The first kappa shape index (κ1) is 16.2. The van der Waals surface area contributed by atoms with Crippen LogP contribution in [0.2, 0.25) is 0 Å². The highest BCUT2D eigenvalue weighted by Gasteiger charge is 2.17. The lowest BCUT2D eigenvalue weighted by molar-refractivity contribution is 0.589. The van der Waals surface area contributed by atoms with Gasteiger partial charge in [0.2, 0.25) is 0 Å². The van der Waals surface area contributed by atoms with Gasteiger partial charge in [-0.3, -0.25) is 15.0 Å². The minimum absolute atomic E-state index is 0.712. The molecule has 2 aromatic heterocycles. The second-order valence-corrected chi connectivity index (χ2v) is 6.84. The molecule has 1 aliphatic rings. The van der Waals surface area contributed by atoms with Crippen LogP contribution in [0.15, 0.2) is 47.5 Å². The highest BCUT2D eigenvalue weighted by molar-refractivity contribution is 9.10. The van der Waals surface area contributed by atoms with E-state index in [9.17, 15) is 0 Å². The third-order valence-corrected chi connectivity index (χ3v) is 4.90. The lowest BCUT2D eigenvalue weighted by atomic mass is 10.2. The average Bonchev–Trinajstić information content (AvgIpc) is 2.67. The van der Waals surface area contributed by atoms with Crippen molar-refractivity contribution >= 4 is 38.3 Å². The van der Waals surface area contributed by atoms with Gasteiger partial charge in [0.1, 0.15) is 0 Å². The molecule has 0 bridgehead atoms. The van der Waals surface area contributed by atoms with E-state index in [0.717, 1.165) is 47.4 Å². The predicted molar refractivity (Wildman–Crippen MR) is 104 cm³/mol. The summed E-state index contributed by atoms with van der Waals surface area (Å²) in [5, 5.41) is 6.92. The molecule has 0 unspecified atom stereocenters. The molecular weight excluding hydrogens is 380 g/mol. The van der Waals surface area contributed by atoms with Crippen molar-refractivity contribution < 1.29 is 0 Å². The topological polar surface area (TPSA) is 66.0 Å². The molecule has 6 nitrogen and oxygen atoms in total. The molecule has 0 spiro atoms. The first-order chi connectivity index (χ1) is 12.3. The van der Waals surface area contributed by atoms with Crippen molar-refractivity contribution in [2.24, 2.45) is 0 Å². The summed E-state index contributed by atoms with van der Waals surface area (Å²) >= 11 is 3.66. The van der Waals surface area contributed by atoms with Crippen LogP contribution in [0.4, 0.5) is 11.4 Å². The van der Waals surface area contributed by atoms with Crippen molar-refractivity contribution in [1.82, 2.24) is 20.3 Å². The molecule has 0 saturated carbocycles. The van der Waals surface area contributed by atoms with Crippen molar-refractivity contribution in [3.05, 3.63) is 53.0 Å². The average molecular weight is 399 g/mol. The maximum atomic E-state index is 4.38. The Hall–Kier alpha value is -2.25. The molecule has 1 aliphatic heterocycles. The number of halogens is 1. The number of pyridine rings is 1. The standard InChI is InChI=1S/C18H19BrN6/c19-14-11-21-12-17(18(14)25-7-5-20-6-8-25)24-10-13-1-2-15-16(9-13)23-4-3-22-15/h1-4,9,11-12,20,24H,5-8,10H2. The lowest BCUT2D eigenvalue weighted by Crippen LogP contribution is -2.44. The number of nitrogens with zero attached hydrogens (tertiary/aromatic N) is 4. The van der Waals surface area contributed by atoms with E-state index >= 15 is 0 Å². The Morgan fingerprint density at radius 3 is 2.72 bits per heavy atom. The minimum Gasteiger partial charge on any atom is -0.378 e. The number of benzene rings is 1. The Morgan fingerprint density at radius 1 is 1.08 bits per heavy atom. The SMILES string of the molecule is Brc1cncc(NCc2ccc3nccnc3c2)c1N1CCNCC1. The fourth-order valence-electron chi connectivity index (χ4n) is 3.08. The largest absolute Gasteiger partial charge is 0.378 e. The summed E-state index contributed by atoms with van der Waals surface area (Å²) in [6.45, 7) is 4.69. The van der Waals surface area contributed by atoms with E-state index in [4.69, 9.17) is 0 Å². The quantitative estimate of drug-likeness (QED) is 0.704. The Balaban J connectivity index is 1.56. The van der Waals surface area contributed by atoms with Crippen LogP contribution in [0.1, 0.15) is 5.56 Å². The zero-order valence-electron chi connectivity index (χ0n) is 13.7. The second-order valence-electron chi connectivity index (χ2n) is 5.99. The van der Waals surface area contributed by atoms with Gasteiger partial charge in [0.25, 0.3) is 0 Å². The second kappa shape index (κ2) is 7.33. The predicted octanol–water partition coefficient (Wildman–Crippen LogP) is 2.81. The fraction of sp³-hybridized carbons (Fsp3) is 0.278. The van der Waals surface area contributed by atoms with Gasteiger partial charge in [-0.2, -0.15) is 0 Å². The Morgan fingerprint density at radius 2 is 1.88 bits per heavy atom. The third kappa shape index (κ3) is 3.57. The number of hydrogen-bond donors (Lipinski definition) is 2. The smallest absolute Gasteiger partial charge is 0.0890 e. The van der Waals surface area contributed by atoms with Crippen LogP contribution in [-0.2, 0) is 6.54 Å². The molecule has 4 rings (SSSR count). The first-order valence-corrected chi connectivity index (χ1v) is 9.13. The van der Waals surface area contributed by atoms with Gasteiger partial charge in [0.05, 0.1) is 33.1 Å². The summed E-state index contributed by atoms with van der Waals surface area (Å²) < 4.78 is 1.02. The summed E-state index contributed by atoms with van der Waals surface area (Å²) in [6.07, 6.45) is 7.19. The molecule has 0 radical (unpaired) electrons. The summed E-state index contributed by atoms with van der Waals surface area (Å²) in [6, 6.07) is 6.17. The van der Waals surface area contributed by atoms with Gasteiger partial charge in [-0.1, -0.05) is 6.07 Å². The van der Waals surface area contributed by atoms with Gasteiger partial charge in [0.15, 0.2) is 0 Å². The molecule has 1 aromatic carbocycles. The number of hydrogen-bond acceptors (Lipinski definition) is 6. The number of rotatable bonds is 4. The summed E-state index contributed by atoms with van der Waals surface area (Å²) in [4.78, 5) is 15.4. The number of piperazine rings is 1. The van der Waals surface area contributed by atoms with Crippen molar-refractivity contribution in [1.29, 1.82) is 0 Å². The summed E-state index contributed by atoms with van der Waals surface area (Å²) in [5.74, 6) is 0. The van der Waals surface area contributed by atoms with Crippen LogP contribution in [0.3, 0.4) is 0 Å². The van der Waals surface area contributed by atoms with Crippen LogP contribution in [0.25, 0.3) is 11.0 Å². The van der Waals surface area contributed by atoms with Crippen LogP contribution < -0.4 is 15.5 Å². The molecule has 0 aliphatic carbocycles. The van der Waals surface area contributed by atoms with Gasteiger partial charge in [-0.25, -0.2) is 0 Å². The number of anilines is 2. The molecular formula is C18H19BrN6.